The van der Waals surface area contributed by atoms with Gasteiger partial charge in [-0.1, -0.05) is 12.1 Å². The van der Waals surface area contributed by atoms with Crippen molar-refractivity contribution >= 4 is 17.5 Å². The Hall–Kier alpha value is -1.81. The van der Waals surface area contributed by atoms with Gasteiger partial charge >= 0.3 is 0 Å². The molecule has 4 nitrogen and oxygen atoms in total. The number of nitrogens with one attached hydrogen (secondary N) is 1. The minimum atomic E-state index is -0.0664. The molecular formula is C14H16ClN3O. The Kier molecular flexibility index (Phi) is 4.58. The normalized spacial score (nSPS) is 10.4. The third kappa shape index (κ3) is 3.58. The van der Waals surface area contributed by atoms with Gasteiger partial charge in [0.05, 0.1) is 0 Å². The number of nitrogens with zero attached hydrogens (tertiary/aromatic N) is 2. The Labute approximate surface area is 117 Å². The lowest BCUT2D eigenvalue weighted by Gasteiger charge is -2.06. The highest BCUT2D eigenvalue weighted by Gasteiger charge is 2.05. The van der Waals surface area contributed by atoms with Crippen molar-refractivity contribution < 1.29 is 4.79 Å². The molecule has 0 aliphatic carbocycles. The Morgan fingerprint density at radius 3 is 2.63 bits per heavy atom. The first-order valence-electron chi connectivity index (χ1n) is 6.10. The average molecular weight is 278 g/mol. The number of rotatable bonds is 5. The first kappa shape index (κ1) is 13.6. The summed E-state index contributed by atoms with van der Waals surface area (Å²) in [4.78, 5) is 11.9. The minimum absolute atomic E-state index is 0.0664. The van der Waals surface area contributed by atoms with Crippen molar-refractivity contribution in [2.75, 3.05) is 6.54 Å². The van der Waals surface area contributed by atoms with Gasteiger partial charge in [0.15, 0.2) is 0 Å². The number of hydrogen-bond donors (Lipinski definition) is 1. The number of aromatic nitrogens is 2. The molecule has 0 atom stereocenters. The second kappa shape index (κ2) is 6.38. The van der Waals surface area contributed by atoms with E-state index in [1.54, 1.807) is 23.0 Å². The zero-order chi connectivity index (χ0) is 13.7. The second-order valence-electron chi connectivity index (χ2n) is 4.28. The van der Waals surface area contributed by atoms with E-state index in [0.29, 0.717) is 18.0 Å². The van der Waals surface area contributed by atoms with Gasteiger partial charge in [0.2, 0.25) is 0 Å². The zero-order valence-electron chi connectivity index (χ0n) is 10.8. The van der Waals surface area contributed by atoms with Gasteiger partial charge in [0.1, 0.15) is 0 Å². The van der Waals surface area contributed by atoms with E-state index in [2.05, 4.69) is 10.4 Å². The molecule has 0 saturated carbocycles. The van der Waals surface area contributed by atoms with Crippen molar-refractivity contribution in [2.24, 2.45) is 7.05 Å². The number of benzene rings is 1. The summed E-state index contributed by atoms with van der Waals surface area (Å²) < 4.78 is 1.81. The summed E-state index contributed by atoms with van der Waals surface area (Å²) in [7, 11) is 1.89. The molecule has 0 aliphatic rings. The van der Waals surface area contributed by atoms with Crippen LogP contribution in [-0.4, -0.2) is 22.2 Å². The number of halogens is 1. The van der Waals surface area contributed by atoms with Crippen LogP contribution >= 0.6 is 11.6 Å². The number of carbonyl (C=O) groups is 1. The Morgan fingerprint density at radius 1 is 1.32 bits per heavy atom. The molecule has 0 spiro atoms. The van der Waals surface area contributed by atoms with Crippen molar-refractivity contribution in [1.82, 2.24) is 15.1 Å². The lowest BCUT2D eigenvalue weighted by atomic mass is 10.1. The highest BCUT2D eigenvalue weighted by Crippen LogP contribution is 2.06. The standard InChI is InChI=1S/C14H16ClN3O/c1-18-13(7-9-17-18)6-8-16-14(19)12-4-2-11(10-15)3-5-12/h2-5,7,9H,6,8,10H2,1H3,(H,16,19). The third-order valence-electron chi connectivity index (χ3n) is 2.96. The summed E-state index contributed by atoms with van der Waals surface area (Å²) >= 11 is 5.71. The van der Waals surface area contributed by atoms with Crippen LogP contribution in [0, 0.1) is 0 Å². The van der Waals surface area contributed by atoms with Crippen LogP contribution in [0.15, 0.2) is 36.5 Å². The molecule has 0 bridgehead atoms. The van der Waals surface area contributed by atoms with E-state index in [0.717, 1.165) is 17.7 Å². The Bertz CT molecular complexity index is 548. The number of alkyl halides is 1. The number of amides is 1. The van der Waals surface area contributed by atoms with Crippen LogP contribution in [0.3, 0.4) is 0 Å². The van der Waals surface area contributed by atoms with E-state index >= 15 is 0 Å². The molecule has 1 aromatic heterocycles. The van der Waals surface area contributed by atoms with Gasteiger partial charge in [-0.25, -0.2) is 0 Å². The maximum Gasteiger partial charge on any atom is 0.251 e. The van der Waals surface area contributed by atoms with Gasteiger partial charge < -0.3 is 5.32 Å². The van der Waals surface area contributed by atoms with Crippen molar-refractivity contribution in [2.45, 2.75) is 12.3 Å². The van der Waals surface area contributed by atoms with Crippen LogP contribution < -0.4 is 5.32 Å². The van der Waals surface area contributed by atoms with Gasteiger partial charge in [-0.05, 0) is 23.8 Å². The van der Waals surface area contributed by atoms with E-state index in [1.807, 2.05) is 25.2 Å². The molecule has 0 unspecified atom stereocenters. The van der Waals surface area contributed by atoms with Crippen molar-refractivity contribution in [3.8, 4) is 0 Å². The van der Waals surface area contributed by atoms with E-state index in [-0.39, 0.29) is 5.91 Å². The topological polar surface area (TPSA) is 46.9 Å². The molecule has 2 rings (SSSR count). The van der Waals surface area contributed by atoms with Crippen LogP contribution in [0.25, 0.3) is 0 Å². The zero-order valence-corrected chi connectivity index (χ0v) is 11.5. The summed E-state index contributed by atoms with van der Waals surface area (Å²) in [5.41, 5.74) is 2.75. The molecule has 0 aliphatic heterocycles. The summed E-state index contributed by atoms with van der Waals surface area (Å²) in [5.74, 6) is 0.394. The lowest BCUT2D eigenvalue weighted by molar-refractivity contribution is 0.0954. The molecule has 1 aromatic carbocycles. The molecule has 1 N–H and O–H groups in total. The van der Waals surface area contributed by atoms with Crippen LogP contribution in [0.1, 0.15) is 21.6 Å². The SMILES string of the molecule is Cn1nccc1CCNC(=O)c1ccc(CCl)cc1. The first-order valence-corrected chi connectivity index (χ1v) is 6.64. The van der Waals surface area contributed by atoms with E-state index in [1.165, 1.54) is 0 Å². The van der Waals surface area contributed by atoms with Gasteiger partial charge in [-0.3, -0.25) is 9.48 Å². The number of aryl methyl sites for hydroxylation is 1. The Balaban J connectivity index is 1.85. The van der Waals surface area contributed by atoms with E-state index in [9.17, 15) is 4.79 Å². The van der Waals surface area contributed by atoms with Crippen molar-refractivity contribution in [3.05, 3.63) is 53.3 Å². The molecule has 0 fully saturated rings. The molecule has 5 heteroatoms. The summed E-state index contributed by atoms with van der Waals surface area (Å²) in [6.45, 7) is 0.593. The fraction of sp³-hybridized carbons (Fsp3) is 0.286. The first-order chi connectivity index (χ1) is 9.20. The molecule has 1 heterocycles. The highest BCUT2D eigenvalue weighted by atomic mass is 35.5. The predicted molar refractivity (Wildman–Crippen MR) is 75.2 cm³/mol. The molecular weight excluding hydrogens is 262 g/mol. The summed E-state index contributed by atoms with van der Waals surface area (Å²) in [6.07, 6.45) is 2.52. The van der Waals surface area contributed by atoms with Gasteiger partial charge in [0, 0.05) is 43.3 Å². The maximum atomic E-state index is 11.9. The van der Waals surface area contributed by atoms with E-state index < -0.39 is 0 Å². The number of carbonyl (C=O) groups excluding carboxylic acids is 1. The monoisotopic (exact) mass is 277 g/mol. The predicted octanol–water partition coefficient (Wildman–Crippen LogP) is 2.13. The quantitative estimate of drug-likeness (QED) is 0.851. The molecule has 19 heavy (non-hydrogen) atoms. The van der Waals surface area contributed by atoms with Crippen molar-refractivity contribution in [3.63, 3.8) is 0 Å². The largest absolute Gasteiger partial charge is 0.352 e. The Morgan fingerprint density at radius 2 is 2.05 bits per heavy atom. The van der Waals surface area contributed by atoms with Crippen LogP contribution in [0.5, 0.6) is 0 Å². The minimum Gasteiger partial charge on any atom is -0.352 e. The summed E-state index contributed by atoms with van der Waals surface area (Å²) in [6, 6.07) is 9.25. The second-order valence-corrected chi connectivity index (χ2v) is 4.55. The molecule has 0 radical (unpaired) electrons. The smallest absolute Gasteiger partial charge is 0.251 e. The fourth-order valence-electron chi connectivity index (χ4n) is 1.80. The van der Waals surface area contributed by atoms with Gasteiger partial charge in [-0.2, -0.15) is 5.10 Å². The number of hydrogen-bond acceptors (Lipinski definition) is 2. The average Bonchev–Trinajstić information content (AvgIpc) is 2.84. The van der Waals surface area contributed by atoms with Crippen molar-refractivity contribution in [1.29, 1.82) is 0 Å². The third-order valence-corrected chi connectivity index (χ3v) is 3.27. The fourth-order valence-corrected chi connectivity index (χ4v) is 1.98. The molecule has 2 aromatic rings. The molecule has 1 amide bonds. The molecule has 0 saturated heterocycles. The highest BCUT2D eigenvalue weighted by molar-refractivity contribution is 6.17. The van der Waals surface area contributed by atoms with Crippen LogP contribution in [0.4, 0.5) is 0 Å². The van der Waals surface area contributed by atoms with E-state index in [4.69, 9.17) is 11.6 Å². The maximum absolute atomic E-state index is 11.9. The molecule has 100 valence electrons. The van der Waals surface area contributed by atoms with Gasteiger partial charge in [0.25, 0.3) is 5.91 Å². The van der Waals surface area contributed by atoms with Gasteiger partial charge in [-0.15, -0.1) is 11.6 Å². The lowest BCUT2D eigenvalue weighted by Crippen LogP contribution is -2.26. The van der Waals surface area contributed by atoms with Crippen LogP contribution in [-0.2, 0) is 19.3 Å². The summed E-state index contributed by atoms with van der Waals surface area (Å²) in [5, 5.41) is 6.97. The van der Waals surface area contributed by atoms with Crippen LogP contribution in [0.2, 0.25) is 0 Å².